The van der Waals surface area contributed by atoms with Gasteiger partial charge >= 0.3 is 5.97 Å². The van der Waals surface area contributed by atoms with E-state index in [0.717, 1.165) is 45.1 Å². The predicted octanol–water partition coefficient (Wildman–Crippen LogP) is 4.11. The molecule has 4 aliphatic carbocycles. The lowest BCUT2D eigenvalue weighted by atomic mass is 9.44. The standard InChI is InChI=1S/C25H37NO4.ClH/c1-24-9-3-6-17(24)20-18(8-10-24)25(2)11-7-16(13-19(25)21(27)22(20)28)30-23(29)15-5-4-12-26-14-15;/h15-20,26H,3-14H2,1-2H3;1H/t15?,16-,17-,18-,19?,20-,24-,25+;/m0./s1. The number of rotatable bonds is 2. The fourth-order valence-corrected chi connectivity index (χ4v) is 8.14. The van der Waals surface area contributed by atoms with Gasteiger partial charge in [-0.15, -0.1) is 12.4 Å². The van der Waals surface area contributed by atoms with E-state index in [0.29, 0.717) is 24.8 Å². The van der Waals surface area contributed by atoms with Crippen molar-refractivity contribution in [1.29, 1.82) is 0 Å². The van der Waals surface area contributed by atoms with Crippen LogP contribution in [-0.2, 0) is 19.1 Å². The van der Waals surface area contributed by atoms with E-state index in [1.54, 1.807) is 0 Å². The molecule has 0 amide bonds. The summed E-state index contributed by atoms with van der Waals surface area (Å²) in [6.07, 6.45) is 9.68. The molecule has 174 valence electrons. The fourth-order valence-electron chi connectivity index (χ4n) is 8.14. The number of hydrogen-bond acceptors (Lipinski definition) is 5. The van der Waals surface area contributed by atoms with Crippen LogP contribution in [0, 0.1) is 40.4 Å². The molecule has 31 heavy (non-hydrogen) atoms. The van der Waals surface area contributed by atoms with Gasteiger partial charge < -0.3 is 10.1 Å². The van der Waals surface area contributed by atoms with E-state index in [1.807, 2.05) is 0 Å². The van der Waals surface area contributed by atoms with E-state index in [9.17, 15) is 14.4 Å². The van der Waals surface area contributed by atoms with Crippen LogP contribution in [0.3, 0.4) is 0 Å². The largest absolute Gasteiger partial charge is 0.462 e. The van der Waals surface area contributed by atoms with Gasteiger partial charge in [-0.2, -0.15) is 0 Å². The lowest BCUT2D eigenvalue weighted by Crippen LogP contribution is -2.60. The predicted molar refractivity (Wildman–Crippen MR) is 120 cm³/mol. The van der Waals surface area contributed by atoms with Gasteiger partial charge in [-0.25, -0.2) is 0 Å². The Morgan fingerprint density at radius 1 is 0.968 bits per heavy atom. The molecular weight excluding hydrogens is 414 g/mol. The van der Waals surface area contributed by atoms with Gasteiger partial charge in [-0.1, -0.05) is 20.3 Å². The summed E-state index contributed by atoms with van der Waals surface area (Å²) < 4.78 is 5.89. The first-order valence-electron chi connectivity index (χ1n) is 12.3. The van der Waals surface area contributed by atoms with Crippen molar-refractivity contribution in [1.82, 2.24) is 5.32 Å². The number of ketones is 2. The van der Waals surface area contributed by atoms with Gasteiger partial charge in [0.15, 0.2) is 0 Å². The van der Waals surface area contributed by atoms with Crippen LogP contribution in [0.25, 0.3) is 0 Å². The number of ether oxygens (including phenoxy) is 1. The molecule has 5 fully saturated rings. The average molecular weight is 452 g/mol. The monoisotopic (exact) mass is 451 g/mol. The summed E-state index contributed by atoms with van der Waals surface area (Å²) in [5.74, 6) is -0.0664. The van der Waals surface area contributed by atoms with Gasteiger partial charge in [0.05, 0.1) is 5.92 Å². The molecule has 6 heteroatoms. The van der Waals surface area contributed by atoms with Gasteiger partial charge in [-0.05, 0) is 87.0 Å². The SMILES string of the molecule is C[C@@]12CCC[C@H]1[C@@H]1C(=O)C(=O)C3C[C@@H](OC(=O)C4CCCNC4)CC[C@]3(C)[C@H]1CC2.Cl. The second kappa shape index (κ2) is 8.44. The molecule has 0 aromatic rings. The zero-order valence-corrected chi connectivity index (χ0v) is 19.8. The quantitative estimate of drug-likeness (QED) is 0.505. The van der Waals surface area contributed by atoms with Crippen molar-refractivity contribution in [2.75, 3.05) is 13.1 Å². The first-order chi connectivity index (χ1) is 14.3. The summed E-state index contributed by atoms with van der Waals surface area (Å²) in [5, 5.41) is 3.27. The minimum Gasteiger partial charge on any atom is -0.462 e. The van der Waals surface area contributed by atoms with Crippen LogP contribution in [-0.4, -0.2) is 36.7 Å². The molecule has 1 heterocycles. The van der Waals surface area contributed by atoms with Gasteiger partial charge in [0.1, 0.15) is 6.10 Å². The van der Waals surface area contributed by atoms with Gasteiger partial charge in [-0.3, -0.25) is 14.4 Å². The topological polar surface area (TPSA) is 72.5 Å². The Balaban J connectivity index is 0.00000231. The zero-order chi connectivity index (χ0) is 21.1. The van der Waals surface area contributed by atoms with Crippen molar-refractivity contribution < 1.29 is 19.1 Å². The number of nitrogens with one attached hydrogen (secondary N) is 1. The molecular formula is C25H38ClNO4. The third-order valence-electron chi connectivity index (χ3n) is 9.97. The summed E-state index contributed by atoms with van der Waals surface area (Å²) in [6.45, 7) is 6.27. The van der Waals surface area contributed by atoms with Crippen LogP contribution in [0.1, 0.15) is 78.1 Å². The minimum absolute atomic E-state index is 0. The fraction of sp³-hybridized carbons (Fsp3) is 0.880. The van der Waals surface area contributed by atoms with Gasteiger partial charge in [0, 0.05) is 18.4 Å². The zero-order valence-electron chi connectivity index (χ0n) is 19.0. The molecule has 5 aliphatic rings. The molecule has 0 bridgehead atoms. The number of Topliss-reactive ketones (excluding diaryl/α,β-unsaturated/α-hetero) is 2. The number of halogens is 1. The summed E-state index contributed by atoms with van der Waals surface area (Å²) >= 11 is 0. The maximum Gasteiger partial charge on any atom is 0.310 e. The maximum atomic E-state index is 13.4. The molecule has 5 rings (SSSR count). The van der Waals surface area contributed by atoms with E-state index in [4.69, 9.17) is 4.74 Å². The molecule has 0 aromatic heterocycles. The van der Waals surface area contributed by atoms with Crippen molar-refractivity contribution in [2.24, 2.45) is 40.4 Å². The summed E-state index contributed by atoms with van der Waals surface area (Å²) in [5.41, 5.74) is 0.135. The molecule has 0 aromatic carbocycles. The Morgan fingerprint density at radius 3 is 2.52 bits per heavy atom. The second-order valence-electron chi connectivity index (χ2n) is 11.5. The first kappa shape index (κ1) is 23.2. The molecule has 2 unspecified atom stereocenters. The van der Waals surface area contributed by atoms with Gasteiger partial charge in [0.25, 0.3) is 0 Å². The Bertz CT molecular complexity index is 750. The highest BCUT2D eigenvalue weighted by Gasteiger charge is 2.64. The first-order valence-corrected chi connectivity index (χ1v) is 12.3. The molecule has 1 saturated heterocycles. The number of carbonyl (C=O) groups excluding carboxylic acids is 3. The molecule has 1 N–H and O–H groups in total. The number of hydrogen-bond donors (Lipinski definition) is 1. The average Bonchev–Trinajstić information content (AvgIpc) is 3.15. The Morgan fingerprint density at radius 2 is 1.77 bits per heavy atom. The van der Waals surface area contributed by atoms with E-state index in [1.165, 1.54) is 19.3 Å². The summed E-state index contributed by atoms with van der Waals surface area (Å²) in [4.78, 5) is 39.3. The van der Waals surface area contributed by atoms with Crippen molar-refractivity contribution in [3.63, 3.8) is 0 Å². The minimum atomic E-state index is -0.270. The second-order valence-corrected chi connectivity index (χ2v) is 11.5. The number of carbonyl (C=O) groups is 3. The van der Waals surface area contributed by atoms with Crippen molar-refractivity contribution in [3.05, 3.63) is 0 Å². The van der Waals surface area contributed by atoms with Crippen molar-refractivity contribution in [2.45, 2.75) is 84.2 Å². The lowest BCUT2D eigenvalue weighted by molar-refractivity contribution is -0.176. The third kappa shape index (κ3) is 3.68. The third-order valence-corrected chi connectivity index (χ3v) is 9.97. The lowest BCUT2D eigenvalue weighted by Gasteiger charge is -2.58. The van der Waals surface area contributed by atoms with Crippen LogP contribution in [0.5, 0.6) is 0 Å². The highest BCUT2D eigenvalue weighted by atomic mass is 35.5. The van der Waals surface area contributed by atoms with Crippen LogP contribution >= 0.6 is 12.4 Å². The molecule has 4 saturated carbocycles. The van der Waals surface area contributed by atoms with E-state index < -0.39 is 0 Å². The Labute approximate surface area is 192 Å². The van der Waals surface area contributed by atoms with E-state index in [2.05, 4.69) is 19.2 Å². The molecule has 0 spiro atoms. The van der Waals surface area contributed by atoms with Crippen LogP contribution in [0.4, 0.5) is 0 Å². The van der Waals surface area contributed by atoms with Crippen LogP contribution < -0.4 is 5.32 Å². The molecule has 1 aliphatic heterocycles. The van der Waals surface area contributed by atoms with E-state index >= 15 is 0 Å². The van der Waals surface area contributed by atoms with Crippen molar-refractivity contribution in [3.8, 4) is 0 Å². The molecule has 8 atom stereocenters. The van der Waals surface area contributed by atoms with Gasteiger partial charge in [0.2, 0.25) is 11.6 Å². The molecule has 0 radical (unpaired) electrons. The molecule has 5 nitrogen and oxygen atoms in total. The van der Waals surface area contributed by atoms with Crippen molar-refractivity contribution >= 4 is 29.9 Å². The van der Waals surface area contributed by atoms with Crippen LogP contribution in [0.15, 0.2) is 0 Å². The number of fused-ring (bicyclic) bond motifs is 5. The maximum absolute atomic E-state index is 13.4. The smallest absolute Gasteiger partial charge is 0.310 e. The van der Waals surface area contributed by atoms with E-state index in [-0.39, 0.29) is 64.6 Å². The summed E-state index contributed by atoms with van der Waals surface area (Å²) in [6, 6.07) is 0. The highest BCUT2D eigenvalue weighted by molar-refractivity contribution is 6.39. The highest BCUT2D eigenvalue weighted by Crippen LogP contribution is 2.64. The summed E-state index contributed by atoms with van der Waals surface area (Å²) in [7, 11) is 0. The Hall–Kier alpha value is -0.940. The number of piperidine rings is 1. The normalized spacial score (nSPS) is 46.9. The Kier molecular flexibility index (Phi) is 6.33. The number of esters is 1. The van der Waals surface area contributed by atoms with Crippen LogP contribution in [0.2, 0.25) is 0 Å².